The Kier molecular flexibility index (Phi) is 4.54. The van der Waals surface area contributed by atoms with Gasteiger partial charge in [-0.3, -0.25) is 9.78 Å². The molecule has 2 aromatic heterocycles. The molecule has 0 aliphatic carbocycles. The summed E-state index contributed by atoms with van der Waals surface area (Å²) in [6.07, 6.45) is 3.73. The summed E-state index contributed by atoms with van der Waals surface area (Å²) in [6, 6.07) is 0. The molecule has 0 radical (unpaired) electrons. The Labute approximate surface area is 118 Å². The van der Waals surface area contributed by atoms with E-state index in [1.165, 1.54) is 0 Å². The van der Waals surface area contributed by atoms with Crippen molar-refractivity contribution in [1.29, 1.82) is 0 Å². The Morgan fingerprint density at radius 2 is 2.00 bits per heavy atom. The van der Waals surface area contributed by atoms with Gasteiger partial charge in [0, 0.05) is 13.2 Å². The van der Waals surface area contributed by atoms with Crippen LogP contribution in [0.5, 0.6) is 0 Å². The second kappa shape index (κ2) is 6.16. The molecule has 19 heavy (non-hydrogen) atoms. The minimum absolute atomic E-state index is 0.0893. The van der Waals surface area contributed by atoms with Crippen molar-refractivity contribution in [2.24, 2.45) is 0 Å². The van der Waals surface area contributed by atoms with Crippen LogP contribution in [0.25, 0.3) is 11.2 Å². The minimum atomic E-state index is -0.331. The molecular weight excluding hydrogens is 314 g/mol. The zero-order valence-corrected chi connectivity index (χ0v) is 12.0. The van der Waals surface area contributed by atoms with E-state index in [0.29, 0.717) is 16.9 Å². The van der Waals surface area contributed by atoms with E-state index in [9.17, 15) is 4.79 Å². The number of aryl methyl sites for hydroxylation is 1. The van der Waals surface area contributed by atoms with Gasteiger partial charge in [-0.1, -0.05) is 12.8 Å². The van der Waals surface area contributed by atoms with E-state index in [-0.39, 0.29) is 23.6 Å². The highest BCUT2D eigenvalue weighted by Crippen LogP contribution is 2.17. The number of nitrogens with one attached hydrogen (secondary N) is 1. The average Bonchev–Trinajstić information content (AvgIpc) is 2.67. The number of hydrogen-bond donors (Lipinski definition) is 3. The van der Waals surface area contributed by atoms with Crippen LogP contribution in [0.15, 0.2) is 9.53 Å². The monoisotopic (exact) mass is 329 g/mol. The zero-order chi connectivity index (χ0) is 13.8. The van der Waals surface area contributed by atoms with Gasteiger partial charge in [-0.15, -0.1) is 0 Å². The second-order valence-corrected chi connectivity index (χ2v) is 5.00. The summed E-state index contributed by atoms with van der Waals surface area (Å²) >= 11 is 3.33. The fraction of sp³-hybridized carbons (Fsp3) is 0.545. The van der Waals surface area contributed by atoms with Crippen LogP contribution >= 0.6 is 15.9 Å². The number of imidazole rings is 1. The van der Waals surface area contributed by atoms with Crippen molar-refractivity contribution < 1.29 is 5.11 Å². The van der Waals surface area contributed by atoms with Crippen LogP contribution in [0.2, 0.25) is 0 Å². The number of aromatic amines is 1. The van der Waals surface area contributed by atoms with Crippen LogP contribution in [0.1, 0.15) is 25.7 Å². The van der Waals surface area contributed by atoms with Crippen molar-refractivity contribution in [2.45, 2.75) is 32.2 Å². The molecule has 0 bridgehead atoms. The van der Waals surface area contributed by atoms with E-state index in [2.05, 4.69) is 30.9 Å². The lowest BCUT2D eigenvalue weighted by molar-refractivity contribution is 0.282. The highest BCUT2D eigenvalue weighted by molar-refractivity contribution is 9.10. The molecule has 0 aliphatic rings. The summed E-state index contributed by atoms with van der Waals surface area (Å²) in [5.41, 5.74) is 6.00. The van der Waals surface area contributed by atoms with Crippen LogP contribution in [-0.2, 0) is 6.54 Å². The maximum absolute atomic E-state index is 11.7. The minimum Gasteiger partial charge on any atom is -0.396 e. The second-order valence-electron chi connectivity index (χ2n) is 4.29. The fourth-order valence-corrected chi connectivity index (χ4v) is 2.46. The molecule has 0 unspecified atom stereocenters. The van der Waals surface area contributed by atoms with Crippen molar-refractivity contribution in [3.8, 4) is 0 Å². The van der Waals surface area contributed by atoms with Crippen LogP contribution in [0, 0.1) is 0 Å². The van der Waals surface area contributed by atoms with Crippen LogP contribution in [-0.4, -0.2) is 31.2 Å². The largest absolute Gasteiger partial charge is 0.396 e. The number of nitrogens with two attached hydrogens (primary N) is 1. The zero-order valence-electron chi connectivity index (χ0n) is 10.4. The van der Waals surface area contributed by atoms with Gasteiger partial charge in [0.25, 0.3) is 5.56 Å². The van der Waals surface area contributed by atoms with E-state index in [4.69, 9.17) is 10.8 Å². The Hall–Kier alpha value is -1.41. The van der Waals surface area contributed by atoms with Crippen LogP contribution in [0.3, 0.4) is 0 Å². The van der Waals surface area contributed by atoms with Crippen molar-refractivity contribution in [3.63, 3.8) is 0 Å². The fourth-order valence-electron chi connectivity index (χ4n) is 1.93. The van der Waals surface area contributed by atoms with E-state index in [1.54, 1.807) is 0 Å². The molecule has 0 fully saturated rings. The number of anilines is 1. The van der Waals surface area contributed by atoms with Crippen molar-refractivity contribution in [3.05, 3.63) is 15.1 Å². The Morgan fingerprint density at radius 1 is 1.26 bits per heavy atom. The van der Waals surface area contributed by atoms with Crippen molar-refractivity contribution in [1.82, 2.24) is 19.5 Å². The molecule has 104 valence electrons. The molecule has 8 heteroatoms. The molecule has 0 saturated heterocycles. The standard InChI is InChI=1S/C11H16BrN5O2/c12-10-14-7-8(15-11(13)16-9(7)19)17(10)5-3-1-2-4-6-18/h18H,1-6H2,(H3,13,15,16,19). The summed E-state index contributed by atoms with van der Waals surface area (Å²) < 4.78 is 2.41. The first-order chi connectivity index (χ1) is 9.13. The Morgan fingerprint density at radius 3 is 2.74 bits per heavy atom. The summed E-state index contributed by atoms with van der Waals surface area (Å²) in [7, 11) is 0. The predicted octanol–water partition coefficient (Wildman–Crippen LogP) is 1.02. The summed E-state index contributed by atoms with van der Waals surface area (Å²) in [5, 5.41) is 8.71. The molecule has 0 aromatic carbocycles. The van der Waals surface area contributed by atoms with E-state index >= 15 is 0 Å². The normalized spacial score (nSPS) is 11.3. The van der Waals surface area contributed by atoms with Gasteiger partial charge >= 0.3 is 0 Å². The molecule has 7 nitrogen and oxygen atoms in total. The molecule has 0 atom stereocenters. The highest BCUT2D eigenvalue weighted by atomic mass is 79.9. The van der Waals surface area contributed by atoms with Crippen LogP contribution in [0.4, 0.5) is 5.95 Å². The smallest absolute Gasteiger partial charge is 0.280 e. The number of unbranched alkanes of at least 4 members (excludes halogenated alkanes) is 3. The van der Waals surface area contributed by atoms with E-state index in [0.717, 1.165) is 25.7 Å². The van der Waals surface area contributed by atoms with Gasteiger partial charge in [0.15, 0.2) is 15.9 Å². The number of halogens is 1. The van der Waals surface area contributed by atoms with Gasteiger partial charge in [-0.2, -0.15) is 4.98 Å². The van der Waals surface area contributed by atoms with Gasteiger partial charge in [0.2, 0.25) is 5.95 Å². The maximum Gasteiger partial charge on any atom is 0.280 e. The number of aliphatic hydroxyl groups excluding tert-OH is 1. The first kappa shape index (κ1) is 14.0. The molecule has 2 heterocycles. The lowest BCUT2D eigenvalue weighted by atomic mass is 10.2. The first-order valence-corrected chi connectivity index (χ1v) is 6.95. The summed E-state index contributed by atoms with van der Waals surface area (Å²) in [4.78, 5) is 22.4. The Bertz CT molecular complexity index is 621. The van der Waals surface area contributed by atoms with Gasteiger partial charge < -0.3 is 15.4 Å². The molecule has 4 N–H and O–H groups in total. The van der Waals surface area contributed by atoms with Gasteiger partial charge in [-0.05, 0) is 28.8 Å². The number of fused-ring (bicyclic) bond motifs is 1. The van der Waals surface area contributed by atoms with Crippen molar-refractivity contribution >= 4 is 33.0 Å². The number of rotatable bonds is 6. The number of aliphatic hydroxyl groups is 1. The number of aromatic nitrogens is 4. The number of hydrogen-bond acceptors (Lipinski definition) is 5. The molecule has 0 saturated carbocycles. The molecule has 0 amide bonds. The van der Waals surface area contributed by atoms with E-state index in [1.807, 2.05) is 4.57 Å². The lowest BCUT2D eigenvalue weighted by Crippen LogP contribution is -2.12. The third kappa shape index (κ3) is 3.13. The third-order valence-electron chi connectivity index (χ3n) is 2.87. The average molecular weight is 330 g/mol. The number of H-pyrrole nitrogens is 1. The molecule has 0 aliphatic heterocycles. The molecular formula is C11H16BrN5O2. The topological polar surface area (TPSA) is 110 Å². The number of nitrogens with zero attached hydrogens (tertiary/aromatic N) is 3. The quantitative estimate of drug-likeness (QED) is 0.541. The van der Waals surface area contributed by atoms with E-state index < -0.39 is 0 Å². The highest BCUT2D eigenvalue weighted by Gasteiger charge is 2.13. The van der Waals surface area contributed by atoms with Crippen LogP contribution < -0.4 is 11.3 Å². The predicted molar refractivity (Wildman–Crippen MR) is 75.8 cm³/mol. The molecule has 0 spiro atoms. The maximum atomic E-state index is 11.7. The van der Waals surface area contributed by atoms with Crippen molar-refractivity contribution in [2.75, 3.05) is 12.3 Å². The Balaban J connectivity index is 2.18. The third-order valence-corrected chi connectivity index (χ3v) is 3.47. The molecule has 2 rings (SSSR count). The lowest BCUT2D eigenvalue weighted by Gasteiger charge is -2.05. The summed E-state index contributed by atoms with van der Waals surface area (Å²) in [5.74, 6) is 0.0893. The first-order valence-electron chi connectivity index (χ1n) is 6.16. The molecule has 2 aromatic rings. The summed E-state index contributed by atoms with van der Waals surface area (Å²) in [6.45, 7) is 0.934. The van der Waals surface area contributed by atoms with Gasteiger partial charge in [0.05, 0.1) is 0 Å². The number of nitrogen functional groups attached to an aromatic ring is 1. The van der Waals surface area contributed by atoms with Gasteiger partial charge in [-0.25, -0.2) is 4.98 Å². The SMILES string of the molecule is Nc1nc2c(nc(Br)n2CCCCCCO)c(=O)[nH]1. The van der Waals surface area contributed by atoms with Gasteiger partial charge in [0.1, 0.15) is 0 Å².